The summed E-state index contributed by atoms with van der Waals surface area (Å²) in [6.07, 6.45) is 0. The van der Waals surface area contributed by atoms with Crippen molar-refractivity contribution in [2.45, 2.75) is 13.8 Å². The molecule has 0 aromatic heterocycles. The first kappa shape index (κ1) is 21.3. The molecule has 0 saturated carbocycles. The number of hydrogen-bond acceptors (Lipinski definition) is 6. The zero-order valence-electron chi connectivity index (χ0n) is 16.9. The number of anilines is 1. The van der Waals surface area contributed by atoms with Gasteiger partial charge in [-0.15, -0.1) is 0 Å². The topological polar surface area (TPSA) is 87.2 Å². The zero-order chi connectivity index (χ0) is 21.8. The number of piperazine rings is 1. The molecule has 0 atom stereocenters. The van der Waals surface area contributed by atoms with Crippen molar-refractivity contribution in [3.63, 3.8) is 0 Å². The molecule has 1 amide bonds. The van der Waals surface area contributed by atoms with E-state index in [1.807, 2.05) is 0 Å². The van der Waals surface area contributed by atoms with E-state index in [2.05, 4.69) is 0 Å². The molecule has 8 heteroatoms. The van der Waals surface area contributed by atoms with Gasteiger partial charge in [0, 0.05) is 31.7 Å². The molecule has 1 aliphatic heterocycles. The van der Waals surface area contributed by atoms with E-state index in [1.54, 1.807) is 41.0 Å². The molecular formula is C22H23FN2O5. The summed E-state index contributed by atoms with van der Waals surface area (Å²) in [5.74, 6) is -1.97. The van der Waals surface area contributed by atoms with Gasteiger partial charge in [0.1, 0.15) is 17.1 Å². The van der Waals surface area contributed by atoms with Gasteiger partial charge in [-0.05, 0) is 43.7 Å². The van der Waals surface area contributed by atoms with Gasteiger partial charge in [-0.1, -0.05) is 12.1 Å². The number of Topliss-reactive ketones (excluding diaryl/α,β-unsaturated/α-hetero) is 1. The minimum atomic E-state index is -0.768. The minimum Gasteiger partial charge on any atom is -0.507 e. The number of esters is 1. The summed E-state index contributed by atoms with van der Waals surface area (Å²) in [6.45, 7) is 4.12. The Labute approximate surface area is 173 Å². The maximum atomic E-state index is 14.3. The maximum absolute atomic E-state index is 14.3. The highest BCUT2D eigenvalue weighted by atomic mass is 19.1. The van der Waals surface area contributed by atoms with Crippen molar-refractivity contribution < 1.29 is 28.6 Å². The molecule has 1 aliphatic rings. The van der Waals surface area contributed by atoms with E-state index in [0.717, 1.165) is 0 Å². The van der Waals surface area contributed by atoms with Crippen LogP contribution < -0.4 is 4.90 Å². The van der Waals surface area contributed by atoms with Gasteiger partial charge >= 0.3 is 5.97 Å². The standard InChI is InChI=1S/C22H23FN2O5/c1-14-4-3-5-17(21(14)28)22(29)30-13-20(27)25-10-8-24(9-11-25)19-7-6-16(15(2)26)12-18(19)23/h3-7,12,28H,8-11,13H2,1-2H3. The molecule has 1 heterocycles. The van der Waals surface area contributed by atoms with Gasteiger partial charge in [0.25, 0.3) is 5.91 Å². The first-order chi connectivity index (χ1) is 14.3. The highest BCUT2D eigenvalue weighted by Gasteiger charge is 2.24. The van der Waals surface area contributed by atoms with Crippen molar-refractivity contribution in [2.75, 3.05) is 37.7 Å². The summed E-state index contributed by atoms with van der Waals surface area (Å²) in [5.41, 5.74) is 1.24. The summed E-state index contributed by atoms with van der Waals surface area (Å²) in [4.78, 5) is 39.2. The van der Waals surface area contributed by atoms with E-state index in [9.17, 15) is 23.9 Å². The Hall–Kier alpha value is -3.42. The van der Waals surface area contributed by atoms with Crippen molar-refractivity contribution in [1.82, 2.24) is 4.90 Å². The summed E-state index contributed by atoms with van der Waals surface area (Å²) < 4.78 is 19.4. The third-order valence-electron chi connectivity index (χ3n) is 5.11. The van der Waals surface area contributed by atoms with E-state index in [4.69, 9.17) is 4.74 Å². The molecule has 0 spiro atoms. The molecule has 3 rings (SSSR count). The summed E-state index contributed by atoms with van der Waals surface area (Å²) in [7, 11) is 0. The highest BCUT2D eigenvalue weighted by molar-refractivity contribution is 5.95. The molecular weight excluding hydrogens is 391 g/mol. The number of aromatic hydroxyl groups is 1. The van der Waals surface area contributed by atoms with Crippen LogP contribution in [0.5, 0.6) is 5.75 Å². The Balaban J connectivity index is 1.54. The predicted molar refractivity (Wildman–Crippen MR) is 108 cm³/mol. The number of phenolic OH excluding ortho intramolecular Hbond substituents is 1. The van der Waals surface area contributed by atoms with Gasteiger partial charge < -0.3 is 19.6 Å². The number of nitrogens with zero attached hydrogens (tertiary/aromatic N) is 2. The average molecular weight is 414 g/mol. The molecule has 0 aliphatic carbocycles. The fourth-order valence-electron chi connectivity index (χ4n) is 3.30. The fourth-order valence-corrected chi connectivity index (χ4v) is 3.30. The van der Waals surface area contributed by atoms with E-state index in [-0.39, 0.29) is 23.0 Å². The number of carbonyl (C=O) groups excluding carboxylic acids is 3. The lowest BCUT2D eigenvalue weighted by Gasteiger charge is -2.36. The Kier molecular flexibility index (Phi) is 6.34. The smallest absolute Gasteiger partial charge is 0.342 e. The van der Waals surface area contributed by atoms with Crippen molar-refractivity contribution in [3.8, 4) is 5.75 Å². The van der Waals surface area contributed by atoms with Crippen LogP contribution >= 0.6 is 0 Å². The normalized spacial score (nSPS) is 13.8. The van der Waals surface area contributed by atoms with Crippen molar-refractivity contribution in [3.05, 3.63) is 58.9 Å². The largest absolute Gasteiger partial charge is 0.507 e. The first-order valence-corrected chi connectivity index (χ1v) is 9.57. The number of phenols is 1. The molecule has 0 radical (unpaired) electrons. The third kappa shape index (κ3) is 4.59. The van der Waals surface area contributed by atoms with Gasteiger partial charge in [-0.3, -0.25) is 9.59 Å². The van der Waals surface area contributed by atoms with Crippen LogP contribution in [-0.2, 0) is 9.53 Å². The minimum absolute atomic E-state index is 0.0112. The van der Waals surface area contributed by atoms with E-state index in [0.29, 0.717) is 43.0 Å². The SMILES string of the molecule is CC(=O)c1ccc(N2CCN(C(=O)COC(=O)c3cccc(C)c3O)CC2)c(F)c1. The Bertz CT molecular complexity index is 983. The van der Waals surface area contributed by atoms with E-state index < -0.39 is 18.4 Å². The third-order valence-corrected chi connectivity index (χ3v) is 5.11. The predicted octanol–water partition coefficient (Wildman–Crippen LogP) is 2.55. The summed E-state index contributed by atoms with van der Waals surface area (Å²) in [5, 5.41) is 9.94. The number of ketones is 1. The molecule has 2 aromatic carbocycles. The number of carbonyl (C=O) groups is 3. The summed E-state index contributed by atoms with van der Waals surface area (Å²) >= 11 is 0. The molecule has 1 fully saturated rings. The molecule has 0 bridgehead atoms. The number of amides is 1. The van der Waals surface area contributed by atoms with Crippen LogP contribution in [0.1, 0.15) is 33.2 Å². The number of para-hydroxylation sites is 1. The van der Waals surface area contributed by atoms with E-state index in [1.165, 1.54) is 19.1 Å². The van der Waals surface area contributed by atoms with Gasteiger partial charge in [0.05, 0.1) is 5.69 Å². The van der Waals surface area contributed by atoms with E-state index >= 15 is 0 Å². The van der Waals surface area contributed by atoms with Crippen LogP contribution in [0.4, 0.5) is 10.1 Å². The Morgan fingerprint density at radius 1 is 1.10 bits per heavy atom. The zero-order valence-corrected chi connectivity index (χ0v) is 16.9. The van der Waals surface area contributed by atoms with Crippen molar-refractivity contribution in [2.24, 2.45) is 0 Å². The van der Waals surface area contributed by atoms with Crippen LogP contribution in [0, 0.1) is 12.7 Å². The van der Waals surface area contributed by atoms with Gasteiger partial charge in [0.2, 0.25) is 0 Å². The molecule has 158 valence electrons. The second kappa shape index (κ2) is 8.94. The monoisotopic (exact) mass is 414 g/mol. The fraction of sp³-hybridized carbons (Fsp3) is 0.318. The lowest BCUT2D eigenvalue weighted by molar-refractivity contribution is -0.134. The Morgan fingerprint density at radius 2 is 1.80 bits per heavy atom. The molecule has 30 heavy (non-hydrogen) atoms. The lowest BCUT2D eigenvalue weighted by Crippen LogP contribution is -2.50. The lowest BCUT2D eigenvalue weighted by atomic mass is 10.1. The van der Waals surface area contributed by atoms with Crippen LogP contribution in [0.2, 0.25) is 0 Å². The van der Waals surface area contributed by atoms with Gasteiger partial charge in [-0.25, -0.2) is 9.18 Å². The molecule has 7 nitrogen and oxygen atoms in total. The quantitative estimate of drug-likeness (QED) is 0.598. The van der Waals surface area contributed by atoms with Crippen LogP contribution in [0.3, 0.4) is 0 Å². The van der Waals surface area contributed by atoms with Crippen molar-refractivity contribution >= 4 is 23.3 Å². The number of halogens is 1. The van der Waals surface area contributed by atoms with Gasteiger partial charge in [-0.2, -0.15) is 0 Å². The second-order valence-corrected chi connectivity index (χ2v) is 7.14. The molecule has 0 unspecified atom stereocenters. The number of benzene rings is 2. The van der Waals surface area contributed by atoms with Gasteiger partial charge in [0.15, 0.2) is 12.4 Å². The highest BCUT2D eigenvalue weighted by Crippen LogP contribution is 2.23. The van der Waals surface area contributed by atoms with Crippen LogP contribution in [0.25, 0.3) is 0 Å². The average Bonchev–Trinajstić information content (AvgIpc) is 2.73. The number of ether oxygens (including phenoxy) is 1. The number of hydrogen-bond donors (Lipinski definition) is 1. The first-order valence-electron chi connectivity index (χ1n) is 9.57. The van der Waals surface area contributed by atoms with Crippen LogP contribution in [-0.4, -0.2) is 60.5 Å². The Morgan fingerprint density at radius 3 is 2.43 bits per heavy atom. The summed E-state index contributed by atoms with van der Waals surface area (Å²) in [6, 6.07) is 9.08. The van der Waals surface area contributed by atoms with Crippen LogP contribution in [0.15, 0.2) is 36.4 Å². The maximum Gasteiger partial charge on any atom is 0.342 e. The molecule has 1 N–H and O–H groups in total. The number of rotatable bonds is 5. The molecule has 2 aromatic rings. The van der Waals surface area contributed by atoms with Crippen molar-refractivity contribution in [1.29, 1.82) is 0 Å². The molecule has 1 saturated heterocycles. The second-order valence-electron chi connectivity index (χ2n) is 7.14. The number of aryl methyl sites for hydroxylation is 1.